The van der Waals surface area contributed by atoms with E-state index in [2.05, 4.69) is 26.0 Å². The summed E-state index contributed by atoms with van der Waals surface area (Å²) >= 11 is 9.32. The Bertz CT molecular complexity index is 1440. The van der Waals surface area contributed by atoms with Gasteiger partial charge in [-0.15, -0.1) is 0 Å². The molecule has 2 aromatic heterocycles. The molecule has 0 aliphatic heterocycles. The summed E-state index contributed by atoms with van der Waals surface area (Å²) in [6, 6.07) is 13.3. The highest BCUT2D eigenvalue weighted by atomic mass is 79.9. The molecule has 0 amide bonds. The van der Waals surface area contributed by atoms with Gasteiger partial charge in [-0.25, -0.2) is 9.78 Å². The van der Waals surface area contributed by atoms with Crippen molar-refractivity contribution in [2.24, 2.45) is 5.10 Å². The quantitative estimate of drug-likeness (QED) is 0.341. The molecule has 0 aliphatic carbocycles. The van der Waals surface area contributed by atoms with Gasteiger partial charge < -0.3 is 9.52 Å². The summed E-state index contributed by atoms with van der Waals surface area (Å²) in [6.07, 6.45) is 1.43. The third-order valence-electron chi connectivity index (χ3n) is 4.76. The van der Waals surface area contributed by atoms with E-state index in [1.165, 1.54) is 23.0 Å². The number of halogens is 2. The molecule has 0 unspecified atom stereocenters. The number of aromatic carboxylic acids is 1. The maximum Gasteiger partial charge on any atom is 0.337 e. The number of carbonyl (C=O) groups is 1. The van der Waals surface area contributed by atoms with Gasteiger partial charge in [0.1, 0.15) is 17.3 Å². The molecule has 2 heterocycles. The summed E-state index contributed by atoms with van der Waals surface area (Å²) in [5, 5.41) is 14.2. The molecular weight excluding hydrogens is 498 g/mol. The van der Waals surface area contributed by atoms with Crippen molar-refractivity contribution in [2.75, 3.05) is 0 Å². The monoisotopic (exact) mass is 513 g/mol. The van der Waals surface area contributed by atoms with Crippen molar-refractivity contribution < 1.29 is 14.3 Å². The second-order valence-electron chi connectivity index (χ2n) is 7.35. The summed E-state index contributed by atoms with van der Waals surface area (Å²) in [6.45, 7) is 3.87. The zero-order chi connectivity index (χ0) is 23.0. The van der Waals surface area contributed by atoms with E-state index >= 15 is 0 Å². The summed E-state index contributed by atoms with van der Waals surface area (Å²) in [5.41, 5.74) is 0.860. The van der Waals surface area contributed by atoms with Crippen LogP contribution in [0.1, 0.15) is 41.7 Å². The Labute approximate surface area is 196 Å². The largest absolute Gasteiger partial charge is 0.478 e. The second-order valence-corrected chi connectivity index (χ2v) is 8.67. The van der Waals surface area contributed by atoms with E-state index < -0.39 is 5.97 Å². The average Bonchev–Trinajstić information content (AvgIpc) is 3.22. The molecule has 9 heteroatoms. The first-order chi connectivity index (χ1) is 15.2. The average molecular weight is 515 g/mol. The van der Waals surface area contributed by atoms with Gasteiger partial charge in [0.25, 0.3) is 5.56 Å². The van der Waals surface area contributed by atoms with Crippen LogP contribution in [0.15, 0.2) is 67.3 Å². The van der Waals surface area contributed by atoms with Gasteiger partial charge in [-0.3, -0.25) is 4.79 Å². The minimum absolute atomic E-state index is 0.0164. The molecule has 0 aliphatic rings. The lowest BCUT2D eigenvalue weighted by molar-refractivity contribution is 0.0697. The number of hydrogen-bond acceptors (Lipinski definition) is 5. The number of rotatable bonds is 5. The van der Waals surface area contributed by atoms with Crippen LogP contribution in [-0.2, 0) is 0 Å². The van der Waals surface area contributed by atoms with Gasteiger partial charge in [-0.05, 0) is 48.5 Å². The smallest absolute Gasteiger partial charge is 0.337 e. The number of nitrogens with zero attached hydrogens (tertiary/aromatic N) is 3. The minimum atomic E-state index is -1.12. The molecule has 32 heavy (non-hydrogen) atoms. The highest BCUT2D eigenvalue weighted by molar-refractivity contribution is 9.10. The fraction of sp³-hybridized carbons (Fsp3) is 0.130. The van der Waals surface area contributed by atoms with Gasteiger partial charge in [0.2, 0.25) is 0 Å². The van der Waals surface area contributed by atoms with Crippen LogP contribution >= 0.6 is 27.5 Å². The van der Waals surface area contributed by atoms with Crippen molar-refractivity contribution in [3.05, 3.63) is 85.5 Å². The van der Waals surface area contributed by atoms with Gasteiger partial charge in [-0.1, -0.05) is 41.4 Å². The lowest BCUT2D eigenvalue weighted by Crippen LogP contribution is -2.23. The van der Waals surface area contributed by atoms with E-state index in [0.717, 1.165) is 4.47 Å². The van der Waals surface area contributed by atoms with Crippen LogP contribution in [0.3, 0.4) is 0 Å². The van der Waals surface area contributed by atoms with Crippen LogP contribution in [-0.4, -0.2) is 27.0 Å². The highest BCUT2D eigenvalue weighted by Crippen LogP contribution is 2.27. The maximum absolute atomic E-state index is 13.1. The summed E-state index contributed by atoms with van der Waals surface area (Å²) in [5.74, 6) is 0.201. The second kappa shape index (κ2) is 8.72. The Morgan fingerprint density at radius 3 is 2.72 bits per heavy atom. The van der Waals surface area contributed by atoms with Crippen LogP contribution in [0, 0.1) is 0 Å². The van der Waals surface area contributed by atoms with Crippen molar-refractivity contribution in [1.82, 2.24) is 9.66 Å². The van der Waals surface area contributed by atoms with E-state index in [-0.39, 0.29) is 22.1 Å². The number of hydrogen-bond donors (Lipinski definition) is 1. The topological polar surface area (TPSA) is 97.7 Å². The molecule has 162 valence electrons. The minimum Gasteiger partial charge on any atom is -0.478 e. The molecule has 0 saturated heterocycles. The van der Waals surface area contributed by atoms with Crippen LogP contribution in [0.2, 0.25) is 5.02 Å². The van der Waals surface area contributed by atoms with Crippen molar-refractivity contribution >= 4 is 50.6 Å². The predicted molar refractivity (Wildman–Crippen MR) is 127 cm³/mol. The Morgan fingerprint density at radius 2 is 2.00 bits per heavy atom. The standard InChI is InChI=1S/C23H17BrClN3O4/c1-12(2)21-27-19-7-4-14(24)10-17(19)22(29)28(21)26-11-15-5-8-20(32-15)13-3-6-18(25)16(9-13)23(30)31/h3-12H,1-2H3,(H,30,31). The third kappa shape index (κ3) is 4.24. The highest BCUT2D eigenvalue weighted by Gasteiger charge is 2.15. The normalized spacial score (nSPS) is 11.7. The van der Waals surface area contributed by atoms with E-state index in [1.807, 2.05) is 19.9 Å². The Morgan fingerprint density at radius 1 is 1.22 bits per heavy atom. The lowest BCUT2D eigenvalue weighted by atomic mass is 10.1. The van der Waals surface area contributed by atoms with Gasteiger partial charge >= 0.3 is 5.97 Å². The number of carboxylic acid groups (broad SMARTS) is 1. The number of fused-ring (bicyclic) bond motifs is 1. The molecule has 0 spiro atoms. The summed E-state index contributed by atoms with van der Waals surface area (Å²) in [4.78, 5) is 29.0. The number of benzene rings is 2. The van der Waals surface area contributed by atoms with Crippen LogP contribution in [0.25, 0.3) is 22.2 Å². The molecule has 4 aromatic rings. The molecule has 0 fully saturated rings. The first-order valence-electron chi connectivity index (χ1n) is 9.64. The zero-order valence-corrected chi connectivity index (χ0v) is 19.4. The van der Waals surface area contributed by atoms with Crippen LogP contribution in [0.5, 0.6) is 0 Å². The first kappa shape index (κ1) is 22.0. The van der Waals surface area contributed by atoms with E-state index in [4.69, 9.17) is 16.0 Å². The van der Waals surface area contributed by atoms with E-state index in [1.54, 1.807) is 30.3 Å². The van der Waals surface area contributed by atoms with Crippen LogP contribution in [0.4, 0.5) is 0 Å². The summed E-state index contributed by atoms with van der Waals surface area (Å²) < 4.78 is 7.83. The van der Waals surface area contributed by atoms with E-state index in [0.29, 0.717) is 33.8 Å². The Kier molecular flexibility index (Phi) is 5.99. The molecule has 0 atom stereocenters. The van der Waals surface area contributed by atoms with Crippen molar-refractivity contribution in [3.8, 4) is 11.3 Å². The Balaban J connectivity index is 1.73. The van der Waals surface area contributed by atoms with Gasteiger partial charge in [0.15, 0.2) is 0 Å². The molecule has 0 radical (unpaired) electrons. The molecule has 7 nitrogen and oxygen atoms in total. The Hall–Kier alpha value is -3.23. The molecule has 4 rings (SSSR count). The van der Waals surface area contributed by atoms with Gasteiger partial charge in [0, 0.05) is 16.0 Å². The SMILES string of the molecule is CC(C)c1nc2ccc(Br)cc2c(=O)n1N=Cc1ccc(-c2ccc(Cl)c(C(=O)O)c2)o1. The predicted octanol–water partition coefficient (Wildman–Crippen LogP) is 5.78. The molecular formula is C23H17BrClN3O4. The molecule has 0 saturated carbocycles. The van der Waals surface area contributed by atoms with Crippen molar-refractivity contribution in [1.29, 1.82) is 0 Å². The first-order valence-corrected chi connectivity index (χ1v) is 10.8. The number of carboxylic acids is 1. The number of furan rings is 1. The van der Waals surface area contributed by atoms with E-state index in [9.17, 15) is 14.7 Å². The fourth-order valence-corrected chi connectivity index (χ4v) is 3.75. The maximum atomic E-state index is 13.1. The third-order valence-corrected chi connectivity index (χ3v) is 5.58. The van der Waals surface area contributed by atoms with Crippen molar-refractivity contribution in [3.63, 3.8) is 0 Å². The van der Waals surface area contributed by atoms with Crippen molar-refractivity contribution in [2.45, 2.75) is 19.8 Å². The number of aromatic nitrogens is 2. The molecule has 2 aromatic carbocycles. The van der Waals surface area contributed by atoms with Gasteiger partial charge in [0.05, 0.1) is 27.7 Å². The summed E-state index contributed by atoms with van der Waals surface area (Å²) in [7, 11) is 0. The zero-order valence-electron chi connectivity index (χ0n) is 17.0. The molecule has 1 N–H and O–H groups in total. The fourth-order valence-electron chi connectivity index (χ4n) is 3.19. The van der Waals surface area contributed by atoms with Gasteiger partial charge in [-0.2, -0.15) is 9.78 Å². The molecule has 0 bridgehead atoms. The van der Waals surface area contributed by atoms with Crippen LogP contribution < -0.4 is 5.56 Å². The lowest BCUT2D eigenvalue weighted by Gasteiger charge is -2.11.